The summed E-state index contributed by atoms with van der Waals surface area (Å²) in [7, 11) is 0. The predicted octanol–water partition coefficient (Wildman–Crippen LogP) is 4.42. The third-order valence-electron chi connectivity index (χ3n) is 8.99. The fourth-order valence-corrected chi connectivity index (χ4v) is 6.42. The molecule has 0 amide bonds. The predicted molar refractivity (Wildman–Crippen MR) is 213 cm³/mol. The summed E-state index contributed by atoms with van der Waals surface area (Å²) >= 11 is 0. The van der Waals surface area contributed by atoms with Crippen LogP contribution in [0.25, 0.3) is 11.0 Å². The fourth-order valence-electron chi connectivity index (χ4n) is 6.42. The van der Waals surface area contributed by atoms with Gasteiger partial charge in [0.15, 0.2) is 11.6 Å². The molecular weight excluding hydrogens is 681 g/mol. The molecule has 0 saturated carbocycles. The molecule has 12 heteroatoms. The van der Waals surface area contributed by atoms with Gasteiger partial charge in [-0.25, -0.2) is 9.97 Å². The molecule has 2 aromatic heterocycles. The highest BCUT2D eigenvalue weighted by Crippen LogP contribution is 2.35. The standard InChI is InChI=1S/C42H48N8O4/c51-25-21-47(22-26-52)41-44-38-37(39(45-41)49(29-33-13-5-1-6-14-33)30-34-15-7-2-8-16-34)43-42(48(23-27-53)24-28-54)46-40(38)50(31-35-17-9-3-10-18-35)32-36-19-11-4-12-20-36/h1-20,51-54H,21-32H2. The number of nitrogens with zero attached hydrogens (tertiary/aromatic N) is 8. The molecule has 0 aliphatic heterocycles. The minimum atomic E-state index is -0.164. The van der Waals surface area contributed by atoms with E-state index in [4.69, 9.17) is 19.9 Å². The van der Waals surface area contributed by atoms with E-state index in [1.807, 2.05) is 72.8 Å². The Hall–Kier alpha value is -5.66. The van der Waals surface area contributed by atoms with Crippen LogP contribution in [0, 0.1) is 0 Å². The molecule has 0 aliphatic rings. The Morgan fingerprint density at radius 2 is 0.593 bits per heavy atom. The van der Waals surface area contributed by atoms with Gasteiger partial charge in [-0.05, 0) is 22.3 Å². The Bertz CT molecular complexity index is 1770. The van der Waals surface area contributed by atoms with Gasteiger partial charge in [-0.15, -0.1) is 0 Å². The van der Waals surface area contributed by atoms with Crippen molar-refractivity contribution in [3.63, 3.8) is 0 Å². The Kier molecular flexibility index (Phi) is 13.7. The summed E-state index contributed by atoms with van der Waals surface area (Å²) < 4.78 is 0. The Morgan fingerprint density at radius 1 is 0.333 bits per heavy atom. The van der Waals surface area contributed by atoms with Gasteiger partial charge in [0.25, 0.3) is 0 Å². The van der Waals surface area contributed by atoms with Crippen molar-refractivity contribution in [1.29, 1.82) is 0 Å². The average Bonchev–Trinajstić information content (AvgIpc) is 3.21. The first-order valence-electron chi connectivity index (χ1n) is 18.3. The number of rotatable bonds is 20. The van der Waals surface area contributed by atoms with E-state index in [0.717, 1.165) is 22.3 Å². The molecule has 4 aromatic carbocycles. The van der Waals surface area contributed by atoms with E-state index in [2.05, 4.69) is 58.3 Å². The van der Waals surface area contributed by atoms with Gasteiger partial charge in [0.1, 0.15) is 11.0 Å². The van der Waals surface area contributed by atoms with E-state index >= 15 is 0 Å². The molecule has 54 heavy (non-hydrogen) atoms. The fraction of sp³-hybridized carbons (Fsp3) is 0.286. The second-order valence-electron chi connectivity index (χ2n) is 12.9. The molecule has 4 N–H and O–H groups in total. The van der Waals surface area contributed by atoms with Crippen LogP contribution < -0.4 is 19.6 Å². The SMILES string of the molecule is OCCN(CCO)c1nc(N(Cc2ccccc2)Cc2ccccc2)c2nc(N(CCO)CCO)nc(N(Cc3ccccc3)Cc3ccccc3)c2n1. The van der Waals surface area contributed by atoms with Gasteiger partial charge in [-0.3, -0.25) is 0 Å². The summed E-state index contributed by atoms with van der Waals surface area (Å²) in [6.45, 7) is 2.12. The molecule has 0 atom stereocenters. The second kappa shape index (κ2) is 19.4. The highest BCUT2D eigenvalue weighted by Gasteiger charge is 2.27. The summed E-state index contributed by atoms with van der Waals surface area (Å²) in [6, 6.07) is 40.6. The molecule has 2 heterocycles. The average molecular weight is 729 g/mol. The van der Waals surface area contributed by atoms with E-state index < -0.39 is 0 Å². The van der Waals surface area contributed by atoms with Crippen molar-refractivity contribution < 1.29 is 20.4 Å². The highest BCUT2D eigenvalue weighted by molar-refractivity contribution is 5.95. The number of hydrogen-bond acceptors (Lipinski definition) is 12. The molecule has 280 valence electrons. The van der Waals surface area contributed by atoms with Gasteiger partial charge in [0, 0.05) is 52.4 Å². The van der Waals surface area contributed by atoms with Crippen LogP contribution in [-0.4, -0.2) is 93.0 Å². The van der Waals surface area contributed by atoms with Crippen molar-refractivity contribution in [1.82, 2.24) is 19.9 Å². The number of aromatic nitrogens is 4. The van der Waals surface area contributed by atoms with E-state index in [1.54, 1.807) is 9.80 Å². The Balaban J connectivity index is 1.66. The molecular formula is C42H48N8O4. The second-order valence-corrected chi connectivity index (χ2v) is 12.9. The largest absolute Gasteiger partial charge is 0.395 e. The number of benzene rings is 4. The molecule has 12 nitrogen and oxygen atoms in total. The van der Waals surface area contributed by atoms with Crippen LogP contribution in [-0.2, 0) is 26.2 Å². The minimum Gasteiger partial charge on any atom is -0.395 e. The maximum Gasteiger partial charge on any atom is 0.228 e. The Morgan fingerprint density at radius 3 is 0.833 bits per heavy atom. The lowest BCUT2D eigenvalue weighted by molar-refractivity contribution is 0.279. The molecule has 0 saturated heterocycles. The van der Waals surface area contributed by atoms with Gasteiger partial charge >= 0.3 is 0 Å². The summed E-state index contributed by atoms with van der Waals surface area (Å²) in [5.74, 6) is 1.74. The third kappa shape index (κ3) is 9.85. The van der Waals surface area contributed by atoms with Crippen molar-refractivity contribution in [2.24, 2.45) is 0 Å². The summed E-state index contributed by atoms with van der Waals surface area (Å²) in [6.07, 6.45) is 0. The maximum atomic E-state index is 10.1. The highest BCUT2D eigenvalue weighted by atomic mass is 16.3. The van der Waals surface area contributed by atoms with E-state index in [0.29, 0.717) is 60.7 Å². The first-order chi connectivity index (χ1) is 26.6. The van der Waals surface area contributed by atoms with Crippen molar-refractivity contribution >= 4 is 34.6 Å². The van der Waals surface area contributed by atoms with Crippen molar-refractivity contribution in [3.8, 4) is 0 Å². The van der Waals surface area contributed by atoms with Gasteiger partial charge < -0.3 is 40.0 Å². The zero-order valence-electron chi connectivity index (χ0n) is 30.4. The minimum absolute atomic E-state index is 0.164. The van der Waals surface area contributed by atoms with Gasteiger partial charge in [0.05, 0.1) is 26.4 Å². The number of hydrogen-bond donors (Lipinski definition) is 4. The van der Waals surface area contributed by atoms with E-state index in [-0.39, 0.29) is 52.6 Å². The zero-order chi connectivity index (χ0) is 37.5. The summed E-state index contributed by atoms with van der Waals surface area (Å²) in [5.41, 5.74) is 5.24. The number of aliphatic hydroxyl groups is 4. The lowest BCUT2D eigenvalue weighted by Gasteiger charge is -2.31. The van der Waals surface area contributed by atoms with Crippen molar-refractivity contribution in [2.75, 3.05) is 72.2 Å². The maximum absolute atomic E-state index is 10.1. The number of fused-ring (bicyclic) bond motifs is 1. The zero-order valence-corrected chi connectivity index (χ0v) is 30.4. The topological polar surface area (TPSA) is 145 Å². The molecule has 0 aliphatic carbocycles. The van der Waals surface area contributed by atoms with Crippen LogP contribution in [0.1, 0.15) is 22.3 Å². The third-order valence-corrected chi connectivity index (χ3v) is 8.99. The van der Waals surface area contributed by atoms with Crippen LogP contribution in [0.5, 0.6) is 0 Å². The first-order valence-corrected chi connectivity index (χ1v) is 18.3. The molecule has 0 radical (unpaired) electrons. The molecule has 0 fully saturated rings. The molecule has 0 bridgehead atoms. The number of anilines is 4. The van der Waals surface area contributed by atoms with E-state index in [9.17, 15) is 20.4 Å². The van der Waals surface area contributed by atoms with Crippen molar-refractivity contribution in [2.45, 2.75) is 26.2 Å². The van der Waals surface area contributed by atoms with Crippen molar-refractivity contribution in [3.05, 3.63) is 144 Å². The smallest absolute Gasteiger partial charge is 0.228 e. The van der Waals surface area contributed by atoms with Crippen LogP contribution in [0.3, 0.4) is 0 Å². The number of aliphatic hydroxyl groups excluding tert-OH is 4. The summed E-state index contributed by atoms with van der Waals surface area (Å²) in [4.78, 5) is 28.5. The lowest BCUT2D eigenvalue weighted by atomic mass is 10.1. The van der Waals surface area contributed by atoms with Gasteiger partial charge in [-0.1, -0.05) is 121 Å². The van der Waals surface area contributed by atoms with Crippen LogP contribution in [0.15, 0.2) is 121 Å². The lowest BCUT2D eigenvalue weighted by Crippen LogP contribution is -2.34. The van der Waals surface area contributed by atoms with Gasteiger partial charge in [-0.2, -0.15) is 9.97 Å². The van der Waals surface area contributed by atoms with Gasteiger partial charge in [0.2, 0.25) is 11.9 Å². The normalized spacial score (nSPS) is 11.1. The first kappa shape index (κ1) is 38.1. The van der Waals surface area contributed by atoms with Crippen LogP contribution in [0.2, 0.25) is 0 Å². The quantitative estimate of drug-likeness (QED) is 0.0884. The summed E-state index contributed by atoms with van der Waals surface area (Å²) in [5, 5.41) is 40.4. The molecule has 0 unspecified atom stereocenters. The van der Waals surface area contributed by atoms with Crippen LogP contribution >= 0.6 is 0 Å². The Labute approximate surface area is 316 Å². The molecule has 0 spiro atoms. The van der Waals surface area contributed by atoms with Crippen LogP contribution in [0.4, 0.5) is 23.5 Å². The molecule has 6 aromatic rings. The molecule has 6 rings (SSSR count). The van der Waals surface area contributed by atoms with E-state index in [1.165, 1.54) is 0 Å². The monoisotopic (exact) mass is 728 g/mol.